The number of aliphatic carboxylic acids is 1. The van der Waals surface area contributed by atoms with Crippen molar-refractivity contribution in [1.82, 2.24) is 9.97 Å². The predicted octanol–water partition coefficient (Wildman–Crippen LogP) is 2.11. The first-order valence-corrected chi connectivity index (χ1v) is 6.25. The molecule has 0 aromatic carbocycles. The van der Waals surface area contributed by atoms with Crippen molar-refractivity contribution in [3.63, 3.8) is 0 Å². The lowest BCUT2D eigenvalue weighted by atomic mass is 9.98. The average Bonchev–Trinajstić information content (AvgIpc) is 2.33. The molecule has 0 spiro atoms. The van der Waals surface area contributed by atoms with E-state index in [-0.39, 0.29) is 6.61 Å². The minimum Gasteiger partial charge on any atom is -0.481 e. The van der Waals surface area contributed by atoms with Gasteiger partial charge in [-0.25, -0.2) is 18.7 Å². The molecule has 0 aliphatic rings. The van der Waals surface area contributed by atoms with Crippen LogP contribution in [0.25, 0.3) is 0 Å². The van der Waals surface area contributed by atoms with Gasteiger partial charge in [0.15, 0.2) is 0 Å². The van der Waals surface area contributed by atoms with Crippen LogP contribution in [0.1, 0.15) is 35.6 Å². The number of nitrogens with zero attached hydrogens (tertiary/aromatic N) is 2. The quantitative estimate of drug-likeness (QED) is 0.778. The number of alkyl halides is 2. The summed E-state index contributed by atoms with van der Waals surface area (Å²) in [5.74, 6) is -1.15. The number of aromatic nitrogens is 2. The first kappa shape index (κ1) is 16.4. The molecule has 0 bridgehead atoms. The Labute approximate surface area is 116 Å². The number of rotatable bonds is 7. The lowest BCUT2D eigenvalue weighted by molar-refractivity contribution is -0.138. The van der Waals surface area contributed by atoms with Crippen molar-refractivity contribution in [2.45, 2.75) is 39.5 Å². The van der Waals surface area contributed by atoms with Crippen molar-refractivity contribution in [1.29, 1.82) is 0 Å². The highest BCUT2D eigenvalue weighted by molar-refractivity contribution is 5.76. The Hall–Kier alpha value is -1.63. The number of hydrogen-bond donors (Lipinski definition) is 1. The number of carbonyl (C=O) groups is 1. The van der Waals surface area contributed by atoms with E-state index in [1.54, 1.807) is 20.8 Å². The number of hydrogen-bond acceptors (Lipinski definition) is 4. The molecule has 0 amide bonds. The molecule has 0 saturated carbocycles. The molecule has 0 radical (unpaired) electrons. The van der Waals surface area contributed by atoms with Crippen LogP contribution in [-0.2, 0) is 16.0 Å². The van der Waals surface area contributed by atoms with E-state index in [1.165, 1.54) is 0 Å². The van der Waals surface area contributed by atoms with E-state index < -0.39 is 24.9 Å². The smallest absolute Gasteiger partial charge is 0.310 e. The zero-order valence-electron chi connectivity index (χ0n) is 11.7. The fourth-order valence-corrected chi connectivity index (χ4v) is 1.99. The summed E-state index contributed by atoms with van der Waals surface area (Å²) in [5, 5.41) is 9.03. The van der Waals surface area contributed by atoms with Crippen molar-refractivity contribution in [2.24, 2.45) is 0 Å². The van der Waals surface area contributed by atoms with Gasteiger partial charge in [0.25, 0.3) is 6.43 Å². The molecule has 1 N–H and O–H groups in total. The van der Waals surface area contributed by atoms with E-state index in [9.17, 15) is 13.6 Å². The summed E-state index contributed by atoms with van der Waals surface area (Å²) in [6.07, 6.45) is -2.17. The highest BCUT2D eigenvalue weighted by Crippen LogP contribution is 2.21. The standard InChI is InChI=1S/C13H18F2N2O3/c1-7(13(18)19)12-8(2)16-11(17-9(12)3)4-5-20-6-10(14)15/h7,10H,4-6H2,1-3H3,(H,18,19). The van der Waals surface area contributed by atoms with Gasteiger partial charge >= 0.3 is 5.97 Å². The second-order valence-corrected chi connectivity index (χ2v) is 4.50. The van der Waals surface area contributed by atoms with Gasteiger partial charge in [-0.05, 0) is 20.8 Å². The topological polar surface area (TPSA) is 72.3 Å². The zero-order valence-corrected chi connectivity index (χ0v) is 11.7. The van der Waals surface area contributed by atoms with E-state index in [2.05, 4.69) is 9.97 Å². The molecule has 5 nitrogen and oxygen atoms in total. The summed E-state index contributed by atoms with van der Waals surface area (Å²) in [7, 11) is 0. The van der Waals surface area contributed by atoms with Gasteiger partial charge in [0.2, 0.25) is 0 Å². The normalized spacial score (nSPS) is 12.7. The highest BCUT2D eigenvalue weighted by Gasteiger charge is 2.20. The third-order valence-electron chi connectivity index (χ3n) is 2.89. The summed E-state index contributed by atoms with van der Waals surface area (Å²) in [4.78, 5) is 19.4. The van der Waals surface area contributed by atoms with Crippen molar-refractivity contribution >= 4 is 5.97 Å². The van der Waals surface area contributed by atoms with E-state index in [1.807, 2.05) is 0 Å². The van der Waals surface area contributed by atoms with Crippen LogP contribution in [0, 0.1) is 13.8 Å². The van der Waals surface area contributed by atoms with E-state index in [4.69, 9.17) is 9.84 Å². The molecule has 1 heterocycles. The van der Waals surface area contributed by atoms with Crippen LogP contribution in [0.3, 0.4) is 0 Å². The molecule has 1 aromatic heterocycles. The van der Waals surface area contributed by atoms with Crippen molar-refractivity contribution in [2.75, 3.05) is 13.2 Å². The maximum Gasteiger partial charge on any atom is 0.310 e. The van der Waals surface area contributed by atoms with E-state index >= 15 is 0 Å². The van der Waals surface area contributed by atoms with Crippen molar-refractivity contribution in [3.05, 3.63) is 22.8 Å². The maximum absolute atomic E-state index is 11.9. The zero-order chi connectivity index (χ0) is 15.3. The Morgan fingerprint density at radius 2 is 1.85 bits per heavy atom. The lowest BCUT2D eigenvalue weighted by Gasteiger charge is -2.14. The van der Waals surface area contributed by atoms with Gasteiger partial charge in [0.05, 0.1) is 12.5 Å². The van der Waals surface area contributed by atoms with Gasteiger partial charge in [-0.2, -0.15) is 0 Å². The number of carboxylic acid groups (broad SMARTS) is 1. The molecule has 0 aliphatic carbocycles. The highest BCUT2D eigenvalue weighted by atomic mass is 19.3. The average molecular weight is 288 g/mol. The third-order valence-corrected chi connectivity index (χ3v) is 2.89. The second kappa shape index (κ2) is 7.23. The fraction of sp³-hybridized carbons (Fsp3) is 0.615. The Kier molecular flexibility index (Phi) is 5.94. The summed E-state index contributed by atoms with van der Waals surface area (Å²) >= 11 is 0. The molecule has 1 aromatic rings. The summed E-state index contributed by atoms with van der Waals surface area (Å²) in [6, 6.07) is 0. The van der Waals surface area contributed by atoms with Gasteiger partial charge < -0.3 is 9.84 Å². The first-order chi connectivity index (χ1) is 9.32. The van der Waals surface area contributed by atoms with Gasteiger partial charge in [-0.3, -0.25) is 4.79 Å². The molecule has 1 atom stereocenters. The molecule has 1 unspecified atom stereocenters. The molecular formula is C13H18F2N2O3. The van der Waals surface area contributed by atoms with Crippen LogP contribution >= 0.6 is 0 Å². The Morgan fingerprint density at radius 1 is 1.30 bits per heavy atom. The predicted molar refractivity (Wildman–Crippen MR) is 68.1 cm³/mol. The summed E-state index contributed by atoms with van der Waals surface area (Å²) in [6.45, 7) is 4.51. The van der Waals surface area contributed by atoms with Crippen LogP contribution in [0.4, 0.5) is 8.78 Å². The number of halogens is 2. The Balaban J connectivity index is 2.75. The van der Waals surface area contributed by atoms with Gasteiger partial charge in [0, 0.05) is 23.4 Å². The van der Waals surface area contributed by atoms with Gasteiger partial charge in [-0.15, -0.1) is 0 Å². The van der Waals surface area contributed by atoms with Crippen LogP contribution in [0.2, 0.25) is 0 Å². The lowest BCUT2D eigenvalue weighted by Crippen LogP contribution is -2.15. The van der Waals surface area contributed by atoms with Crippen molar-refractivity contribution in [3.8, 4) is 0 Å². The van der Waals surface area contributed by atoms with Crippen LogP contribution in [0.15, 0.2) is 0 Å². The maximum atomic E-state index is 11.9. The summed E-state index contributed by atoms with van der Waals surface area (Å²) in [5.41, 5.74) is 1.78. The van der Waals surface area contributed by atoms with Crippen LogP contribution in [-0.4, -0.2) is 40.7 Å². The van der Waals surface area contributed by atoms with E-state index in [0.29, 0.717) is 29.2 Å². The van der Waals surface area contributed by atoms with Gasteiger partial charge in [-0.1, -0.05) is 0 Å². The molecule has 0 saturated heterocycles. The number of ether oxygens (including phenoxy) is 1. The molecular weight excluding hydrogens is 270 g/mol. The van der Waals surface area contributed by atoms with Crippen LogP contribution in [0.5, 0.6) is 0 Å². The SMILES string of the molecule is Cc1nc(CCOCC(F)F)nc(C)c1C(C)C(=O)O. The van der Waals surface area contributed by atoms with E-state index in [0.717, 1.165) is 0 Å². The molecule has 20 heavy (non-hydrogen) atoms. The fourth-order valence-electron chi connectivity index (χ4n) is 1.99. The third kappa shape index (κ3) is 4.48. The number of carboxylic acids is 1. The van der Waals surface area contributed by atoms with Gasteiger partial charge in [0.1, 0.15) is 12.4 Å². The molecule has 0 fully saturated rings. The Bertz CT molecular complexity index is 458. The second-order valence-electron chi connectivity index (χ2n) is 4.50. The molecule has 1 rings (SSSR count). The largest absolute Gasteiger partial charge is 0.481 e. The van der Waals surface area contributed by atoms with Crippen LogP contribution < -0.4 is 0 Å². The monoisotopic (exact) mass is 288 g/mol. The molecule has 7 heteroatoms. The minimum absolute atomic E-state index is 0.108. The van der Waals surface area contributed by atoms with Crippen molar-refractivity contribution < 1.29 is 23.4 Å². The number of aryl methyl sites for hydroxylation is 2. The summed E-state index contributed by atoms with van der Waals surface area (Å²) < 4.78 is 28.6. The molecule has 112 valence electrons. The molecule has 0 aliphatic heterocycles. The first-order valence-electron chi connectivity index (χ1n) is 6.25. The Morgan fingerprint density at radius 3 is 2.30 bits per heavy atom. The minimum atomic E-state index is -2.49.